The van der Waals surface area contributed by atoms with Crippen molar-refractivity contribution in [2.24, 2.45) is 0 Å². The Kier molecular flexibility index (Phi) is 5.41. The molecule has 1 N–H and O–H groups in total. The zero-order valence-electron chi connectivity index (χ0n) is 12.3. The number of rotatable bonds is 5. The van der Waals surface area contributed by atoms with E-state index in [1.807, 2.05) is 30.3 Å². The molecule has 2 nitrogen and oxygen atoms in total. The molecule has 1 heterocycles. The van der Waals surface area contributed by atoms with Gasteiger partial charge in [-0.05, 0) is 37.8 Å². The molecule has 0 radical (unpaired) electrons. The van der Waals surface area contributed by atoms with E-state index in [9.17, 15) is 5.11 Å². The van der Waals surface area contributed by atoms with Crippen LogP contribution in [0.3, 0.4) is 0 Å². The van der Waals surface area contributed by atoms with E-state index in [1.165, 1.54) is 25.7 Å². The highest BCUT2D eigenvalue weighted by Gasteiger charge is 2.31. The van der Waals surface area contributed by atoms with Gasteiger partial charge in [-0.15, -0.1) is 0 Å². The van der Waals surface area contributed by atoms with Crippen molar-refractivity contribution in [3.63, 3.8) is 0 Å². The lowest BCUT2D eigenvalue weighted by molar-refractivity contribution is 0.00331. The minimum atomic E-state index is -0.363. The molecule has 106 valence electrons. The van der Waals surface area contributed by atoms with Gasteiger partial charge in [-0.1, -0.05) is 50.6 Å². The third kappa shape index (κ3) is 3.37. The maximum Gasteiger partial charge on any atom is 0.0945 e. The molecule has 0 saturated carbocycles. The first-order valence-electron chi connectivity index (χ1n) is 7.76. The van der Waals surface area contributed by atoms with E-state index in [4.69, 9.17) is 0 Å². The molecule has 19 heavy (non-hydrogen) atoms. The number of nitrogens with zero attached hydrogens (tertiary/aromatic N) is 1. The van der Waals surface area contributed by atoms with E-state index in [0.717, 1.165) is 18.5 Å². The van der Waals surface area contributed by atoms with E-state index in [-0.39, 0.29) is 12.1 Å². The summed E-state index contributed by atoms with van der Waals surface area (Å²) in [4.78, 5) is 2.56. The van der Waals surface area contributed by atoms with E-state index in [0.29, 0.717) is 6.04 Å². The second kappa shape index (κ2) is 7.06. The third-order valence-corrected chi connectivity index (χ3v) is 4.49. The SMILES string of the molecule is CCC1CCCCN1C(CC)C(O)c1ccccc1. The summed E-state index contributed by atoms with van der Waals surface area (Å²) >= 11 is 0. The fraction of sp³-hybridized carbons (Fsp3) is 0.647. The molecule has 1 aliphatic heterocycles. The summed E-state index contributed by atoms with van der Waals surface area (Å²) < 4.78 is 0. The minimum Gasteiger partial charge on any atom is -0.387 e. The van der Waals surface area contributed by atoms with Crippen molar-refractivity contribution >= 4 is 0 Å². The lowest BCUT2D eigenvalue weighted by Crippen LogP contribution is -2.48. The predicted molar refractivity (Wildman–Crippen MR) is 80.1 cm³/mol. The molecule has 0 aliphatic carbocycles. The molecule has 1 fully saturated rings. The van der Waals surface area contributed by atoms with Crippen molar-refractivity contribution in [2.75, 3.05) is 6.54 Å². The van der Waals surface area contributed by atoms with Crippen molar-refractivity contribution < 1.29 is 5.11 Å². The van der Waals surface area contributed by atoms with Crippen LogP contribution in [0, 0.1) is 0 Å². The van der Waals surface area contributed by atoms with Crippen LogP contribution in [-0.2, 0) is 0 Å². The molecule has 1 aliphatic rings. The molecule has 3 unspecified atom stereocenters. The molecule has 0 amide bonds. The van der Waals surface area contributed by atoms with E-state index in [1.54, 1.807) is 0 Å². The molecular weight excluding hydrogens is 234 g/mol. The number of hydrogen-bond acceptors (Lipinski definition) is 2. The van der Waals surface area contributed by atoms with Gasteiger partial charge in [-0.3, -0.25) is 4.90 Å². The Morgan fingerprint density at radius 2 is 1.95 bits per heavy atom. The van der Waals surface area contributed by atoms with Crippen molar-refractivity contribution in [1.29, 1.82) is 0 Å². The lowest BCUT2D eigenvalue weighted by Gasteiger charge is -2.42. The Hall–Kier alpha value is -0.860. The summed E-state index contributed by atoms with van der Waals surface area (Å²) in [5.74, 6) is 0. The van der Waals surface area contributed by atoms with E-state index in [2.05, 4.69) is 18.7 Å². The number of piperidine rings is 1. The molecule has 2 heteroatoms. The van der Waals surface area contributed by atoms with Gasteiger partial charge in [-0.2, -0.15) is 0 Å². The summed E-state index contributed by atoms with van der Waals surface area (Å²) in [7, 11) is 0. The standard InChI is InChI=1S/C17H27NO/c1-3-15-12-8-9-13-18(15)16(4-2)17(19)14-10-6-5-7-11-14/h5-7,10-11,15-17,19H,3-4,8-9,12-13H2,1-2H3. The van der Waals surface area contributed by atoms with Crippen LogP contribution in [0.2, 0.25) is 0 Å². The molecular formula is C17H27NO. The maximum atomic E-state index is 10.7. The smallest absolute Gasteiger partial charge is 0.0945 e. The van der Waals surface area contributed by atoms with Gasteiger partial charge < -0.3 is 5.11 Å². The average molecular weight is 261 g/mol. The molecule has 2 rings (SSSR count). The number of aliphatic hydroxyl groups excluding tert-OH is 1. The fourth-order valence-electron chi connectivity index (χ4n) is 3.41. The predicted octanol–water partition coefficient (Wildman–Crippen LogP) is 3.76. The summed E-state index contributed by atoms with van der Waals surface area (Å²) in [6, 6.07) is 11.0. The van der Waals surface area contributed by atoms with Gasteiger partial charge in [-0.25, -0.2) is 0 Å². The summed E-state index contributed by atoms with van der Waals surface area (Å²) in [6.45, 7) is 5.60. The first-order valence-corrected chi connectivity index (χ1v) is 7.76. The van der Waals surface area contributed by atoms with Gasteiger partial charge in [0.15, 0.2) is 0 Å². The van der Waals surface area contributed by atoms with Gasteiger partial charge in [0, 0.05) is 12.1 Å². The van der Waals surface area contributed by atoms with Crippen LogP contribution in [-0.4, -0.2) is 28.6 Å². The zero-order chi connectivity index (χ0) is 13.7. The van der Waals surface area contributed by atoms with Crippen LogP contribution in [0.25, 0.3) is 0 Å². The van der Waals surface area contributed by atoms with Gasteiger partial charge in [0.1, 0.15) is 0 Å². The van der Waals surface area contributed by atoms with Gasteiger partial charge >= 0.3 is 0 Å². The first-order chi connectivity index (χ1) is 9.27. The Morgan fingerprint density at radius 3 is 2.58 bits per heavy atom. The van der Waals surface area contributed by atoms with Crippen molar-refractivity contribution in [3.8, 4) is 0 Å². The quantitative estimate of drug-likeness (QED) is 0.872. The molecule has 0 bridgehead atoms. The highest BCUT2D eigenvalue weighted by atomic mass is 16.3. The largest absolute Gasteiger partial charge is 0.387 e. The summed E-state index contributed by atoms with van der Waals surface area (Å²) in [6.07, 6.45) is 5.74. The van der Waals surface area contributed by atoms with Crippen molar-refractivity contribution in [1.82, 2.24) is 4.90 Å². The van der Waals surface area contributed by atoms with Crippen LogP contribution in [0.5, 0.6) is 0 Å². The van der Waals surface area contributed by atoms with Gasteiger partial charge in [0.25, 0.3) is 0 Å². The Morgan fingerprint density at radius 1 is 1.21 bits per heavy atom. The first kappa shape index (κ1) is 14.5. The summed E-state index contributed by atoms with van der Waals surface area (Å²) in [5.41, 5.74) is 1.05. The zero-order valence-corrected chi connectivity index (χ0v) is 12.3. The van der Waals surface area contributed by atoms with Crippen LogP contribution < -0.4 is 0 Å². The van der Waals surface area contributed by atoms with Gasteiger partial charge in [0.2, 0.25) is 0 Å². The number of hydrogen-bond donors (Lipinski definition) is 1. The van der Waals surface area contributed by atoms with Crippen LogP contribution in [0.4, 0.5) is 0 Å². The second-order valence-electron chi connectivity index (χ2n) is 5.63. The molecule has 0 spiro atoms. The molecule has 1 aromatic rings. The summed E-state index contributed by atoms with van der Waals surface area (Å²) in [5, 5.41) is 10.7. The van der Waals surface area contributed by atoms with Crippen LogP contribution in [0.15, 0.2) is 30.3 Å². The average Bonchev–Trinajstić information content (AvgIpc) is 2.49. The van der Waals surface area contributed by atoms with Crippen molar-refractivity contribution in [3.05, 3.63) is 35.9 Å². The van der Waals surface area contributed by atoms with Crippen LogP contribution >= 0.6 is 0 Å². The molecule has 0 aromatic heterocycles. The van der Waals surface area contributed by atoms with Gasteiger partial charge in [0.05, 0.1) is 6.10 Å². The van der Waals surface area contributed by atoms with E-state index >= 15 is 0 Å². The monoisotopic (exact) mass is 261 g/mol. The van der Waals surface area contributed by atoms with E-state index < -0.39 is 0 Å². The molecule has 1 saturated heterocycles. The number of benzene rings is 1. The number of aliphatic hydroxyl groups is 1. The topological polar surface area (TPSA) is 23.5 Å². The molecule has 3 atom stereocenters. The Labute approximate surface area is 117 Å². The Bertz CT molecular complexity index is 365. The fourth-order valence-corrected chi connectivity index (χ4v) is 3.41. The third-order valence-electron chi connectivity index (χ3n) is 4.49. The minimum absolute atomic E-state index is 0.257. The maximum absolute atomic E-state index is 10.7. The number of likely N-dealkylation sites (tertiary alicyclic amines) is 1. The highest BCUT2D eigenvalue weighted by molar-refractivity contribution is 5.19. The highest BCUT2D eigenvalue weighted by Crippen LogP contribution is 2.30. The Balaban J connectivity index is 2.14. The normalized spacial score (nSPS) is 24.1. The second-order valence-corrected chi connectivity index (χ2v) is 5.63. The lowest BCUT2D eigenvalue weighted by atomic mass is 9.92. The van der Waals surface area contributed by atoms with Crippen LogP contribution in [0.1, 0.15) is 57.6 Å². The van der Waals surface area contributed by atoms with Crippen molar-refractivity contribution in [2.45, 2.75) is 64.1 Å². The molecule has 1 aromatic carbocycles.